The van der Waals surface area contributed by atoms with Gasteiger partial charge in [-0.15, -0.1) is 0 Å². The first-order chi connectivity index (χ1) is 28.3. The third-order valence-electron chi connectivity index (χ3n) is 11.9. The monoisotopic (exact) mass is 835 g/mol. The smallest absolute Gasteiger partial charge is 0.244 e. The van der Waals surface area contributed by atoms with Gasteiger partial charge < -0.3 is 25.3 Å². The molecule has 3 atom stereocenters. The molecule has 0 aromatic carbocycles. The van der Waals surface area contributed by atoms with Gasteiger partial charge in [-0.1, -0.05) is 181 Å². The lowest BCUT2D eigenvalue weighted by Crippen LogP contribution is -2.55. The number of unbranched alkanes of at least 4 members (excludes halogenated alkanes) is 28. The third-order valence-corrected chi connectivity index (χ3v) is 11.9. The second-order valence-electron chi connectivity index (χ2n) is 19.1. The molecule has 0 saturated carbocycles. The summed E-state index contributed by atoms with van der Waals surface area (Å²) in [6, 6.07) is -2.28. The Morgan fingerprint density at radius 2 is 0.712 bits per heavy atom. The first-order valence-electron chi connectivity index (χ1n) is 25.3. The van der Waals surface area contributed by atoms with Crippen molar-refractivity contribution in [1.29, 1.82) is 0 Å². The zero-order chi connectivity index (χ0) is 44.0. The van der Waals surface area contributed by atoms with Gasteiger partial charge in [-0.2, -0.15) is 0 Å². The Morgan fingerprint density at radius 3 is 1.07 bits per heavy atom. The minimum atomic E-state index is -0.835. The number of quaternary nitrogens is 1. The summed E-state index contributed by atoms with van der Waals surface area (Å²) in [6.07, 6.45) is 39.6. The van der Waals surface area contributed by atoms with E-state index in [2.05, 4.69) is 50.9 Å². The molecule has 0 aromatic rings. The average Bonchev–Trinajstić information content (AvgIpc) is 3.19. The van der Waals surface area contributed by atoms with Crippen LogP contribution in [0.15, 0.2) is 0 Å². The molecule has 3 N–H and O–H groups in total. The highest BCUT2D eigenvalue weighted by molar-refractivity contribution is 5.93. The standard InChI is InChI=1S/C50H99N5O4/c1-9-11-13-15-17-19-21-23-25-27-29-31-33-37-41-54(42-38-34-32-30-28-26-24-22-20-18-16-14-12-10-2)50(59)46(5)53-49(58)45(4)52-48(57)44(3)51-47(56)40-36-35-39-43-55(6,7)8/h44-46H,9-43H2,1-8H3,(H2-,51,52,53,56,57,58)/p+1. The first-order valence-corrected chi connectivity index (χ1v) is 25.3. The zero-order valence-corrected chi connectivity index (χ0v) is 40.5. The number of nitrogens with one attached hydrogen (secondary N) is 3. The minimum absolute atomic E-state index is 0.0525. The molecule has 0 rings (SSSR count). The van der Waals surface area contributed by atoms with E-state index < -0.39 is 29.9 Å². The molecule has 0 aromatic heterocycles. The molecule has 348 valence electrons. The van der Waals surface area contributed by atoms with E-state index in [0.717, 1.165) is 69.1 Å². The van der Waals surface area contributed by atoms with Crippen LogP contribution in [0.4, 0.5) is 0 Å². The Balaban J connectivity index is 4.73. The van der Waals surface area contributed by atoms with Crippen LogP contribution in [-0.4, -0.2) is 91.9 Å². The summed E-state index contributed by atoms with van der Waals surface area (Å²) < 4.78 is 0.902. The Hall–Kier alpha value is -2.16. The molecular formula is C50H100N5O4+. The van der Waals surface area contributed by atoms with E-state index in [1.165, 1.54) is 154 Å². The number of hydrogen-bond donors (Lipinski definition) is 3. The van der Waals surface area contributed by atoms with Gasteiger partial charge in [0.1, 0.15) is 18.1 Å². The Morgan fingerprint density at radius 1 is 0.407 bits per heavy atom. The van der Waals surface area contributed by atoms with Crippen molar-refractivity contribution >= 4 is 23.6 Å². The van der Waals surface area contributed by atoms with Crippen LogP contribution in [0.3, 0.4) is 0 Å². The van der Waals surface area contributed by atoms with E-state index >= 15 is 0 Å². The number of carbonyl (C=O) groups is 4. The van der Waals surface area contributed by atoms with Crippen molar-refractivity contribution in [2.24, 2.45) is 0 Å². The lowest BCUT2D eigenvalue weighted by Gasteiger charge is -2.27. The maximum Gasteiger partial charge on any atom is 0.244 e. The molecule has 9 nitrogen and oxygen atoms in total. The first kappa shape index (κ1) is 56.8. The van der Waals surface area contributed by atoms with E-state index in [1.54, 1.807) is 20.8 Å². The number of nitrogens with zero attached hydrogens (tertiary/aromatic N) is 2. The van der Waals surface area contributed by atoms with Gasteiger partial charge in [-0.3, -0.25) is 19.2 Å². The molecule has 3 unspecified atom stereocenters. The summed E-state index contributed by atoms with van der Waals surface area (Å²) in [4.78, 5) is 54.1. The zero-order valence-electron chi connectivity index (χ0n) is 40.5. The molecule has 0 spiro atoms. The molecule has 0 aliphatic rings. The Labute approximate surface area is 366 Å². The molecule has 0 fully saturated rings. The summed E-state index contributed by atoms with van der Waals surface area (Å²) >= 11 is 0. The molecule has 0 heterocycles. The van der Waals surface area contributed by atoms with E-state index in [0.29, 0.717) is 6.42 Å². The summed E-state index contributed by atoms with van der Waals surface area (Å²) in [5.41, 5.74) is 0. The van der Waals surface area contributed by atoms with Crippen LogP contribution >= 0.6 is 0 Å². The number of hydrogen-bond acceptors (Lipinski definition) is 4. The van der Waals surface area contributed by atoms with Crippen LogP contribution in [0.1, 0.15) is 240 Å². The third kappa shape index (κ3) is 36.2. The van der Waals surface area contributed by atoms with Crippen molar-refractivity contribution in [3.05, 3.63) is 0 Å². The molecule has 59 heavy (non-hydrogen) atoms. The van der Waals surface area contributed by atoms with Crippen LogP contribution < -0.4 is 16.0 Å². The summed E-state index contributed by atoms with van der Waals surface area (Å²) in [5.74, 6) is -1.03. The van der Waals surface area contributed by atoms with E-state index in [9.17, 15) is 19.2 Å². The molecule has 0 aliphatic heterocycles. The van der Waals surface area contributed by atoms with Crippen molar-refractivity contribution in [2.45, 2.75) is 258 Å². The number of carbonyl (C=O) groups excluding carboxylic acids is 4. The largest absolute Gasteiger partial charge is 0.345 e. The normalized spacial score (nSPS) is 13.2. The van der Waals surface area contributed by atoms with Gasteiger partial charge in [0.2, 0.25) is 23.6 Å². The van der Waals surface area contributed by atoms with Crippen LogP contribution in [-0.2, 0) is 19.2 Å². The topological polar surface area (TPSA) is 108 Å². The van der Waals surface area contributed by atoms with Crippen LogP contribution in [0.5, 0.6) is 0 Å². The fraction of sp³-hybridized carbons (Fsp3) is 0.920. The average molecular weight is 835 g/mol. The van der Waals surface area contributed by atoms with Gasteiger partial charge in [0.05, 0.1) is 27.7 Å². The predicted octanol–water partition coefficient (Wildman–Crippen LogP) is 11.6. The molecule has 0 saturated heterocycles. The van der Waals surface area contributed by atoms with E-state index in [1.807, 2.05) is 4.90 Å². The van der Waals surface area contributed by atoms with E-state index in [-0.39, 0.29) is 11.8 Å². The quantitative estimate of drug-likeness (QED) is 0.0420. The second-order valence-corrected chi connectivity index (χ2v) is 19.1. The Bertz CT molecular complexity index is 999. The highest BCUT2D eigenvalue weighted by Crippen LogP contribution is 2.16. The second kappa shape index (κ2) is 38.7. The van der Waals surface area contributed by atoms with Gasteiger partial charge in [-0.25, -0.2) is 0 Å². The fourth-order valence-corrected chi connectivity index (χ4v) is 7.83. The van der Waals surface area contributed by atoms with Gasteiger partial charge >= 0.3 is 0 Å². The van der Waals surface area contributed by atoms with Gasteiger partial charge in [0.15, 0.2) is 0 Å². The van der Waals surface area contributed by atoms with Crippen molar-refractivity contribution in [1.82, 2.24) is 20.9 Å². The van der Waals surface area contributed by atoms with Gasteiger partial charge in [0, 0.05) is 19.5 Å². The van der Waals surface area contributed by atoms with Crippen LogP contribution in [0.2, 0.25) is 0 Å². The fourth-order valence-electron chi connectivity index (χ4n) is 7.83. The molecule has 0 bridgehead atoms. The maximum atomic E-state index is 13.7. The number of amides is 4. The molecule has 9 heteroatoms. The highest BCUT2D eigenvalue weighted by atomic mass is 16.2. The summed E-state index contributed by atoms with van der Waals surface area (Å²) in [6.45, 7) is 12.0. The predicted molar refractivity (Wildman–Crippen MR) is 251 cm³/mol. The van der Waals surface area contributed by atoms with E-state index in [4.69, 9.17) is 0 Å². The molecular weight excluding hydrogens is 735 g/mol. The van der Waals surface area contributed by atoms with Crippen LogP contribution in [0, 0.1) is 0 Å². The molecule has 0 radical (unpaired) electrons. The summed E-state index contributed by atoms with van der Waals surface area (Å²) in [5, 5.41) is 8.35. The van der Waals surface area contributed by atoms with Gasteiger partial charge in [-0.05, 0) is 52.9 Å². The molecule has 0 aliphatic carbocycles. The summed E-state index contributed by atoms with van der Waals surface area (Å²) in [7, 11) is 6.47. The van der Waals surface area contributed by atoms with Crippen molar-refractivity contribution < 1.29 is 23.7 Å². The lowest BCUT2D eigenvalue weighted by molar-refractivity contribution is -0.870. The maximum absolute atomic E-state index is 13.7. The van der Waals surface area contributed by atoms with Crippen molar-refractivity contribution in [3.63, 3.8) is 0 Å². The van der Waals surface area contributed by atoms with Crippen molar-refractivity contribution in [3.8, 4) is 0 Å². The number of rotatable bonds is 42. The van der Waals surface area contributed by atoms with Gasteiger partial charge in [0.25, 0.3) is 0 Å². The molecule has 4 amide bonds. The minimum Gasteiger partial charge on any atom is -0.345 e. The SMILES string of the molecule is CCCCCCCCCCCCCCCCN(CCCCCCCCCCCCCCCC)C(=O)C(C)NC(=O)C(C)NC(=O)C(C)NC(=O)CCCCC[N+](C)(C)C. The van der Waals surface area contributed by atoms with Crippen LogP contribution in [0.25, 0.3) is 0 Å². The lowest BCUT2D eigenvalue weighted by atomic mass is 10.0. The Kier molecular flexibility index (Phi) is 37.3. The highest BCUT2D eigenvalue weighted by Gasteiger charge is 2.26. The van der Waals surface area contributed by atoms with Crippen molar-refractivity contribution in [2.75, 3.05) is 40.8 Å².